The van der Waals surface area contributed by atoms with Crippen LogP contribution in [0.25, 0.3) is 22.2 Å². The summed E-state index contributed by atoms with van der Waals surface area (Å²) in [6, 6.07) is 19.6. The Balaban J connectivity index is 1.56. The molecule has 1 heterocycles. The molecule has 1 amide bonds. The normalized spacial score (nSPS) is 10.7. The van der Waals surface area contributed by atoms with Crippen LogP contribution in [0.15, 0.2) is 72.8 Å². The lowest BCUT2D eigenvalue weighted by molar-refractivity contribution is -0.119. The highest BCUT2D eigenvalue weighted by molar-refractivity contribution is 6.31. The summed E-state index contributed by atoms with van der Waals surface area (Å²) in [5, 5.41) is 3.77. The Morgan fingerprint density at radius 3 is 2.56 bits per heavy atom. The first-order chi connectivity index (χ1) is 15.4. The summed E-state index contributed by atoms with van der Waals surface area (Å²) in [5.41, 5.74) is 3.38. The van der Waals surface area contributed by atoms with Crippen molar-refractivity contribution in [2.45, 2.75) is 6.92 Å². The van der Waals surface area contributed by atoms with Gasteiger partial charge in [-0.05, 0) is 61.0 Å². The van der Waals surface area contributed by atoms with Crippen molar-refractivity contribution < 1.29 is 18.7 Å². The minimum absolute atomic E-state index is 0.265. The zero-order chi connectivity index (χ0) is 22.7. The second kappa shape index (κ2) is 9.16. The Morgan fingerprint density at radius 1 is 1.03 bits per heavy atom. The monoisotopic (exact) mass is 448 g/mol. The molecule has 0 saturated heterocycles. The number of halogens is 2. The molecule has 7 heteroatoms. The molecule has 4 aromatic rings. The lowest BCUT2D eigenvalue weighted by Crippen LogP contribution is -2.21. The Morgan fingerprint density at radius 2 is 1.78 bits per heavy atom. The number of aromatic nitrogens is 1. The van der Waals surface area contributed by atoms with E-state index in [1.54, 1.807) is 60.7 Å². The number of nitrogens with zero attached hydrogens (tertiary/aromatic N) is 1. The van der Waals surface area contributed by atoms with Gasteiger partial charge < -0.3 is 10.1 Å². The summed E-state index contributed by atoms with van der Waals surface area (Å²) in [4.78, 5) is 29.7. The van der Waals surface area contributed by atoms with Crippen molar-refractivity contribution in [2.75, 3.05) is 11.9 Å². The molecule has 0 saturated carbocycles. The number of para-hydroxylation sites is 1. The van der Waals surface area contributed by atoms with E-state index in [1.807, 2.05) is 6.92 Å². The van der Waals surface area contributed by atoms with Gasteiger partial charge in [0.1, 0.15) is 5.82 Å². The molecular weight excluding hydrogens is 431 g/mol. The van der Waals surface area contributed by atoms with Gasteiger partial charge in [-0.3, -0.25) is 4.79 Å². The zero-order valence-electron chi connectivity index (χ0n) is 17.1. The number of carbonyl (C=O) groups is 2. The second-order valence-corrected chi connectivity index (χ2v) is 7.60. The minimum atomic E-state index is -0.662. The Kier molecular flexibility index (Phi) is 6.14. The third-order valence-electron chi connectivity index (χ3n) is 4.88. The Hall–Kier alpha value is -3.77. The van der Waals surface area contributed by atoms with Gasteiger partial charge in [0.05, 0.1) is 16.8 Å². The average molecular weight is 449 g/mol. The zero-order valence-corrected chi connectivity index (χ0v) is 17.8. The first kappa shape index (κ1) is 21.5. The fourth-order valence-corrected chi connectivity index (χ4v) is 3.41. The van der Waals surface area contributed by atoms with Crippen LogP contribution >= 0.6 is 11.6 Å². The minimum Gasteiger partial charge on any atom is -0.452 e. The van der Waals surface area contributed by atoms with Gasteiger partial charge in [-0.2, -0.15) is 0 Å². The summed E-state index contributed by atoms with van der Waals surface area (Å²) < 4.78 is 18.6. The van der Waals surface area contributed by atoms with Gasteiger partial charge in [-0.15, -0.1) is 0 Å². The number of anilines is 1. The first-order valence-corrected chi connectivity index (χ1v) is 10.2. The molecule has 160 valence electrons. The number of hydrogen-bond acceptors (Lipinski definition) is 4. The highest BCUT2D eigenvalue weighted by atomic mass is 35.5. The number of carbonyl (C=O) groups excluding carboxylic acids is 2. The van der Waals surface area contributed by atoms with Crippen molar-refractivity contribution in [3.8, 4) is 11.3 Å². The molecule has 3 aromatic carbocycles. The van der Waals surface area contributed by atoms with E-state index in [1.165, 1.54) is 12.1 Å². The molecule has 0 aliphatic heterocycles. The average Bonchev–Trinajstić information content (AvgIpc) is 2.79. The van der Waals surface area contributed by atoms with Crippen molar-refractivity contribution in [2.24, 2.45) is 0 Å². The predicted molar refractivity (Wildman–Crippen MR) is 122 cm³/mol. The molecule has 0 unspecified atom stereocenters. The van der Waals surface area contributed by atoms with Gasteiger partial charge in [0.2, 0.25) is 0 Å². The smallest absolute Gasteiger partial charge is 0.339 e. The van der Waals surface area contributed by atoms with Crippen LogP contribution in [0.2, 0.25) is 5.02 Å². The number of aryl methyl sites for hydroxylation is 1. The van der Waals surface area contributed by atoms with Crippen molar-refractivity contribution in [3.63, 3.8) is 0 Å². The van der Waals surface area contributed by atoms with Crippen LogP contribution in [-0.4, -0.2) is 23.5 Å². The van der Waals surface area contributed by atoms with Gasteiger partial charge in [-0.25, -0.2) is 14.2 Å². The van der Waals surface area contributed by atoms with E-state index in [2.05, 4.69) is 10.3 Å². The Labute approximate surface area is 188 Å². The molecule has 0 atom stereocenters. The number of hydrogen-bond donors (Lipinski definition) is 1. The van der Waals surface area contributed by atoms with Gasteiger partial charge in [-0.1, -0.05) is 35.9 Å². The molecule has 0 bridgehead atoms. The fourth-order valence-electron chi connectivity index (χ4n) is 3.24. The summed E-state index contributed by atoms with van der Waals surface area (Å²) in [5.74, 6) is -1.51. The fraction of sp³-hybridized carbons (Fsp3) is 0.0800. The molecule has 0 fully saturated rings. The number of rotatable bonds is 5. The van der Waals surface area contributed by atoms with E-state index in [-0.39, 0.29) is 11.4 Å². The van der Waals surface area contributed by atoms with Crippen LogP contribution in [0.1, 0.15) is 15.9 Å². The molecule has 1 aromatic heterocycles. The summed E-state index contributed by atoms with van der Waals surface area (Å²) in [6.45, 7) is 1.37. The highest BCUT2D eigenvalue weighted by Gasteiger charge is 2.17. The lowest BCUT2D eigenvalue weighted by atomic mass is 10.0. The first-order valence-electron chi connectivity index (χ1n) is 9.79. The molecule has 32 heavy (non-hydrogen) atoms. The van der Waals surface area contributed by atoms with Gasteiger partial charge >= 0.3 is 5.97 Å². The SMILES string of the molecule is Cc1ccc(Cl)cc1NC(=O)COC(=O)c1cc(-c2ccc(F)cc2)nc2ccccc12. The molecule has 4 rings (SSSR count). The maximum Gasteiger partial charge on any atom is 0.339 e. The maximum atomic E-state index is 13.3. The van der Waals surface area contributed by atoms with Crippen LogP contribution in [0, 0.1) is 12.7 Å². The van der Waals surface area contributed by atoms with Crippen LogP contribution in [0.5, 0.6) is 0 Å². The molecule has 5 nitrogen and oxygen atoms in total. The molecule has 0 radical (unpaired) electrons. The van der Waals surface area contributed by atoms with E-state index >= 15 is 0 Å². The summed E-state index contributed by atoms with van der Waals surface area (Å²) in [6.07, 6.45) is 0. The third kappa shape index (κ3) is 4.76. The van der Waals surface area contributed by atoms with E-state index in [0.717, 1.165) is 5.56 Å². The number of benzene rings is 3. The molecule has 1 N–H and O–H groups in total. The van der Waals surface area contributed by atoms with Crippen LogP contribution in [0.4, 0.5) is 10.1 Å². The van der Waals surface area contributed by atoms with Crippen LogP contribution in [0.3, 0.4) is 0 Å². The Bertz CT molecular complexity index is 1320. The number of nitrogens with one attached hydrogen (secondary N) is 1. The second-order valence-electron chi connectivity index (χ2n) is 7.16. The number of amides is 1. The molecule has 0 spiro atoms. The molecule has 0 aliphatic carbocycles. The third-order valence-corrected chi connectivity index (χ3v) is 5.12. The topological polar surface area (TPSA) is 68.3 Å². The largest absolute Gasteiger partial charge is 0.452 e. The van der Waals surface area contributed by atoms with Crippen molar-refractivity contribution in [1.82, 2.24) is 4.98 Å². The van der Waals surface area contributed by atoms with E-state index in [9.17, 15) is 14.0 Å². The standard InChI is InChI=1S/C25H18ClFN2O3/c1-15-6-9-17(26)12-22(15)29-24(30)14-32-25(31)20-13-23(16-7-10-18(27)11-8-16)28-21-5-3-2-4-19(20)21/h2-13H,14H2,1H3,(H,29,30). The van der Waals surface area contributed by atoms with Crippen molar-refractivity contribution >= 4 is 40.1 Å². The molecular formula is C25H18ClFN2O3. The van der Waals surface area contributed by atoms with Gasteiger partial charge in [0.15, 0.2) is 6.61 Å². The van der Waals surface area contributed by atoms with E-state index in [0.29, 0.717) is 32.9 Å². The number of fused-ring (bicyclic) bond motifs is 1. The molecule has 0 aliphatic rings. The van der Waals surface area contributed by atoms with Crippen molar-refractivity contribution in [3.05, 3.63) is 94.8 Å². The maximum absolute atomic E-state index is 13.3. The van der Waals surface area contributed by atoms with E-state index < -0.39 is 18.5 Å². The van der Waals surface area contributed by atoms with Gasteiger partial charge in [0, 0.05) is 21.7 Å². The summed E-state index contributed by atoms with van der Waals surface area (Å²) >= 11 is 5.97. The predicted octanol–water partition coefficient (Wildman–Crippen LogP) is 5.80. The number of esters is 1. The van der Waals surface area contributed by atoms with Crippen molar-refractivity contribution in [1.29, 1.82) is 0 Å². The quantitative estimate of drug-likeness (QED) is 0.392. The van der Waals surface area contributed by atoms with E-state index in [4.69, 9.17) is 16.3 Å². The summed E-state index contributed by atoms with van der Waals surface area (Å²) in [7, 11) is 0. The lowest BCUT2D eigenvalue weighted by Gasteiger charge is -2.11. The number of pyridine rings is 1. The highest BCUT2D eigenvalue weighted by Crippen LogP contribution is 2.26. The van der Waals surface area contributed by atoms with Crippen LogP contribution in [-0.2, 0) is 9.53 Å². The van der Waals surface area contributed by atoms with Crippen LogP contribution < -0.4 is 5.32 Å². The van der Waals surface area contributed by atoms with Gasteiger partial charge in [0.25, 0.3) is 5.91 Å². The number of ether oxygens (including phenoxy) is 1.